The van der Waals surface area contributed by atoms with Gasteiger partial charge in [-0.15, -0.1) is 0 Å². The second kappa shape index (κ2) is 9.69. The van der Waals surface area contributed by atoms with Crippen LogP contribution in [0.2, 0.25) is 0 Å². The normalized spacial score (nSPS) is 9.50. The third kappa shape index (κ3) is 5.24. The molecule has 0 saturated heterocycles. The van der Waals surface area contributed by atoms with E-state index in [2.05, 4.69) is 0 Å². The molecule has 0 bridgehead atoms. The van der Waals surface area contributed by atoms with E-state index < -0.39 is 9.85 Å². The summed E-state index contributed by atoms with van der Waals surface area (Å²) in [5.74, 6) is 0.919. The molecule has 0 amide bonds. The van der Waals surface area contributed by atoms with Crippen LogP contribution in [0.1, 0.15) is 15.9 Å². The molecule has 0 spiro atoms. The van der Waals surface area contributed by atoms with Gasteiger partial charge in [0, 0.05) is 12.1 Å². The van der Waals surface area contributed by atoms with Gasteiger partial charge in [-0.2, -0.15) is 0 Å². The lowest BCUT2D eigenvalue weighted by atomic mass is 10.2. The maximum atomic E-state index is 10.4. The van der Waals surface area contributed by atoms with Crippen LogP contribution < -0.4 is 9.47 Å². The third-order valence-electron chi connectivity index (χ3n) is 3.21. The fourth-order valence-electron chi connectivity index (χ4n) is 1.91. The van der Waals surface area contributed by atoms with E-state index in [1.165, 1.54) is 50.6 Å². The van der Waals surface area contributed by atoms with Gasteiger partial charge in [-0.1, -0.05) is 0 Å². The van der Waals surface area contributed by atoms with Crippen LogP contribution in [-0.2, 0) is 6.61 Å². The van der Waals surface area contributed by atoms with Crippen LogP contribution in [0.25, 0.3) is 0 Å². The Bertz CT molecular complexity index is 807. The third-order valence-corrected chi connectivity index (χ3v) is 3.21. The minimum atomic E-state index is -0.608. The summed E-state index contributed by atoms with van der Waals surface area (Å²) in [6, 6.07) is 8.23. The Kier molecular flexibility index (Phi) is 7.65. The van der Waals surface area contributed by atoms with E-state index in [1.807, 2.05) is 0 Å². The standard InChI is InChI=1S/C8H9NO4.C8H7NO4/c2*1-13-7-2-3-8(9(11)12)6(4-7)5-10/h2-4,10H,5H2,1H3;2-5H,1H3. The lowest BCUT2D eigenvalue weighted by Gasteiger charge is -2.02. The zero-order valence-electron chi connectivity index (χ0n) is 13.9. The number of nitro groups is 2. The molecule has 0 aliphatic carbocycles. The first-order chi connectivity index (χ1) is 12.4. The number of hydrogen-bond acceptors (Lipinski definition) is 8. The molecule has 0 aromatic heterocycles. The lowest BCUT2D eigenvalue weighted by molar-refractivity contribution is -0.385. The highest BCUT2D eigenvalue weighted by Crippen LogP contribution is 2.23. The first-order valence-electron chi connectivity index (χ1n) is 7.07. The van der Waals surface area contributed by atoms with Crippen molar-refractivity contribution in [3.05, 3.63) is 67.8 Å². The number of benzene rings is 2. The van der Waals surface area contributed by atoms with Crippen LogP contribution >= 0.6 is 0 Å². The van der Waals surface area contributed by atoms with Crippen molar-refractivity contribution in [2.45, 2.75) is 6.61 Å². The van der Waals surface area contributed by atoms with Crippen LogP contribution in [0.15, 0.2) is 36.4 Å². The summed E-state index contributed by atoms with van der Waals surface area (Å²) in [4.78, 5) is 30.1. The van der Waals surface area contributed by atoms with Gasteiger partial charge in [-0.05, 0) is 24.3 Å². The molecular weight excluding hydrogens is 348 g/mol. The van der Waals surface area contributed by atoms with Crippen molar-refractivity contribution in [3.63, 3.8) is 0 Å². The highest BCUT2D eigenvalue weighted by atomic mass is 16.6. The Hall–Kier alpha value is -3.53. The Balaban J connectivity index is 0.000000260. The predicted octanol–water partition coefficient (Wildman–Crippen LogP) is 2.51. The van der Waals surface area contributed by atoms with E-state index in [1.54, 1.807) is 0 Å². The molecule has 10 nitrogen and oxygen atoms in total. The first kappa shape index (κ1) is 20.5. The second-order valence-corrected chi connectivity index (χ2v) is 4.71. The molecule has 2 aromatic carbocycles. The van der Waals surface area contributed by atoms with Crippen LogP contribution in [0.3, 0.4) is 0 Å². The Labute approximate surface area is 147 Å². The van der Waals surface area contributed by atoms with Gasteiger partial charge in [0.25, 0.3) is 11.4 Å². The van der Waals surface area contributed by atoms with Gasteiger partial charge in [0.15, 0.2) is 6.29 Å². The van der Waals surface area contributed by atoms with Gasteiger partial charge < -0.3 is 14.6 Å². The molecule has 1 N–H and O–H groups in total. The van der Waals surface area contributed by atoms with Crippen molar-refractivity contribution in [3.8, 4) is 11.5 Å². The van der Waals surface area contributed by atoms with Gasteiger partial charge in [0.05, 0.1) is 41.8 Å². The SMILES string of the molecule is COc1ccc([N+](=O)[O-])c(C=O)c1.COc1ccc([N+](=O)[O-])c(CO)c1. The van der Waals surface area contributed by atoms with Gasteiger partial charge in [-0.25, -0.2) is 0 Å². The monoisotopic (exact) mass is 364 g/mol. The summed E-state index contributed by atoms with van der Waals surface area (Å²) in [6.07, 6.45) is 0.431. The summed E-state index contributed by atoms with van der Waals surface area (Å²) < 4.78 is 9.67. The molecule has 0 saturated carbocycles. The van der Waals surface area contributed by atoms with Gasteiger partial charge in [0.2, 0.25) is 0 Å². The summed E-state index contributed by atoms with van der Waals surface area (Å²) >= 11 is 0. The minimum Gasteiger partial charge on any atom is -0.497 e. The summed E-state index contributed by atoms with van der Waals surface area (Å²) in [5, 5.41) is 29.6. The zero-order chi connectivity index (χ0) is 19.7. The van der Waals surface area contributed by atoms with Crippen molar-refractivity contribution in [1.29, 1.82) is 0 Å². The molecule has 0 heterocycles. The van der Waals surface area contributed by atoms with E-state index in [-0.39, 0.29) is 29.1 Å². The molecule has 0 aliphatic rings. The van der Waals surface area contributed by atoms with Crippen molar-refractivity contribution >= 4 is 17.7 Å². The van der Waals surface area contributed by atoms with E-state index in [0.717, 1.165) is 0 Å². The highest BCUT2D eigenvalue weighted by molar-refractivity contribution is 5.82. The molecule has 0 aliphatic heterocycles. The lowest BCUT2D eigenvalue weighted by Crippen LogP contribution is -1.96. The Morgan fingerprint density at radius 2 is 1.46 bits per heavy atom. The molecule has 0 fully saturated rings. The van der Waals surface area contributed by atoms with Gasteiger partial charge in [-0.3, -0.25) is 25.0 Å². The Morgan fingerprint density at radius 3 is 1.88 bits per heavy atom. The van der Waals surface area contributed by atoms with E-state index >= 15 is 0 Å². The Morgan fingerprint density at radius 1 is 0.962 bits per heavy atom. The molecule has 2 aromatic rings. The number of aliphatic hydroxyl groups excluding tert-OH is 1. The predicted molar refractivity (Wildman–Crippen MR) is 90.6 cm³/mol. The molecular formula is C16H16N2O8. The van der Waals surface area contributed by atoms with Crippen molar-refractivity contribution in [1.82, 2.24) is 0 Å². The summed E-state index contributed by atoms with van der Waals surface area (Å²) in [7, 11) is 2.89. The smallest absolute Gasteiger partial charge is 0.280 e. The fourth-order valence-corrected chi connectivity index (χ4v) is 1.91. The van der Waals surface area contributed by atoms with Crippen LogP contribution in [0.5, 0.6) is 11.5 Å². The van der Waals surface area contributed by atoms with Crippen LogP contribution in [-0.4, -0.2) is 35.5 Å². The maximum absolute atomic E-state index is 10.4. The number of carbonyl (C=O) groups excluding carboxylic acids is 1. The molecule has 0 radical (unpaired) electrons. The second-order valence-electron chi connectivity index (χ2n) is 4.71. The molecule has 0 unspecified atom stereocenters. The molecule has 138 valence electrons. The maximum Gasteiger partial charge on any atom is 0.280 e. The summed E-state index contributed by atoms with van der Waals surface area (Å²) in [5.41, 5.74) is -0.0344. The number of nitro benzene ring substituents is 2. The van der Waals surface area contributed by atoms with Crippen molar-refractivity contribution < 1.29 is 29.2 Å². The number of methoxy groups -OCH3 is 2. The number of rotatable bonds is 6. The first-order valence-corrected chi connectivity index (χ1v) is 7.07. The van der Waals surface area contributed by atoms with Crippen LogP contribution in [0, 0.1) is 20.2 Å². The number of nitrogens with zero attached hydrogens (tertiary/aromatic N) is 2. The van der Waals surface area contributed by atoms with E-state index in [4.69, 9.17) is 14.6 Å². The van der Waals surface area contributed by atoms with Crippen molar-refractivity contribution in [2.75, 3.05) is 14.2 Å². The summed E-state index contributed by atoms with van der Waals surface area (Å²) in [6.45, 7) is -0.368. The molecule has 2 rings (SSSR count). The number of aliphatic hydroxyl groups is 1. The number of carbonyl (C=O) groups is 1. The topological polar surface area (TPSA) is 142 Å². The molecule has 0 atom stereocenters. The number of hydrogen-bond donors (Lipinski definition) is 1. The minimum absolute atomic E-state index is 0.0179. The molecule has 10 heteroatoms. The largest absolute Gasteiger partial charge is 0.497 e. The quantitative estimate of drug-likeness (QED) is 0.468. The molecule has 26 heavy (non-hydrogen) atoms. The number of aldehydes is 1. The average Bonchev–Trinajstić information content (AvgIpc) is 2.66. The van der Waals surface area contributed by atoms with Crippen LogP contribution in [0.4, 0.5) is 11.4 Å². The fraction of sp³-hybridized carbons (Fsp3) is 0.188. The van der Waals surface area contributed by atoms with Crippen molar-refractivity contribution in [2.24, 2.45) is 0 Å². The average molecular weight is 364 g/mol. The van der Waals surface area contributed by atoms with E-state index in [9.17, 15) is 25.0 Å². The highest BCUT2D eigenvalue weighted by Gasteiger charge is 2.13. The number of ether oxygens (including phenoxy) is 2. The van der Waals surface area contributed by atoms with Gasteiger partial charge in [0.1, 0.15) is 11.5 Å². The van der Waals surface area contributed by atoms with E-state index in [0.29, 0.717) is 17.8 Å². The van der Waals surface area contributed by atoms with Gasteiger partial charge >= 0.3 is 0 Å². The zero-order valence-corrected chi connectivity index (χ0v) is 13.9.